The van der Waals surface area contributed by atoms with Crippen molar-refractivity contribution >= 4 is 11.4 Å². The van der Waals surface area contributed by atoms with Crippen LogP contribution in [0.3, 0.4) is 0 Å². The van der Waals surface area contributed by atoms with E-state index in [1.807, 2.05) is 0 Å². The number of rotatable bonds is 3. The Hall–Kier alpha value is -1.23. The number of nitriles is 1. The van der Waals surface area contributed by atoms with Gasteiger partial charge in [0.2, 0.25) is 0 Å². The molecule has 1 rings (SSSR count). The minimum atomic E-state index is -4.52. The molecule has 0 radical (unpaired) electrons. The normalized spacial score (nSPS) is 15.4. The summed E-state index contributed by atoms with van der Waals surface area (Å²) in [6, 6.07) is 4.29. The predicted octanol–water partition coefficient (Wildman–Crippen LogP) is 3.69. The highest BCUT2D eigenvalue weighted by Crippen LogP contribution is 2.32. The summed E-state index contributed by atoms with van der Waals surface area (Å²) in [7, 11) is 0. The van der Waals surface area contributed by atoms with Gasteiger partial charge in [-0.1, -0.05) is 0 Å². The van der Waals surface area contributed by atoms with Crippen LogP contribution in [0.15, 0.2) is 18.2 Å². The van der Waals surface area contributed by atoms with Crippen molar-refractivity contribution in [1.82, 2.24) is 4.72 Å². The van der Waals surface area contributed by atoms with E-state index in [1.165, 1.54) is 6.07 Å². The molecule has 7 heteroatoms. The Labute approximate surface area is 125 Å². The fourth-order valence-corrected chi connectivity index (χ4v) is 2.35. The average Bonchev–Trinajstić information content (AvgIpc) is 2.35. The summed E-state index contributed by atoms with van der Waals surface area (Å²) < 4.78 is 52.7. The SMILES string of the molecule is C[C@@H](N[S+]([O-])C(C)(C)C)c1cc(C#N)cc(C(F)(F)F)c1. The quantitative estimate of drug-likeness (QED) is 0.865. The van der Waals surface area contributed by atoms with E-state index in [1.54, 1.807) is 33.8 Å². The number of benzene rings is 1. The summed E-state index contributed by atoms with van der Waals surface area (Å²) in [5.74, 6) is 0. The van der Waals surface area contributed by atoms with E-state index < -0.39 is 33.9 Å². The van der Waals surface area contributed by atoms with Gasteiger partial charge >= 0.3 is 6.18 Å². The molecule has 1 unspecified atom stereocenters. The number of halogens is 3. The molecular weight excluding hydrogens is 301 g/mol. The number of nitrogens with one attached hydrogen (secondary N) is 1. The van der Waals surface area contributed by atoms with E-state index in [9.17, 15) is 17.7 Å². The van der Waals surface area contributed by atoms with E-state index in [4.69, 9.17) is 5.26 Å². The topological polar surface area (TPSA) is 58.9 Å². The first-order chi connectivity index (χ1) is 9.45. The largest absolute Gasteiger partial charge is 0.598 e. The number of alkyl halides is 3. The maximum absolute atomic E-state index is 12.8. The van der Waals surface area contributed by atoms with Gasteiger partial charge in [-0.15, -0.1) is 4.72 Å². The summed E-state index contributed by atoms with van der Waals surface area (Å²) >= 11 is -1.42. The molecule has 2 atom stereocenters. The van der Waals surface area contributed by atoms with E-state index in [2.05, 4.69) is 4.72 Å². The van der Waals surface area contributed by atoms with Gasteiger partial charge < -0.3 is 4.55 Å². The lowest BCUT2D eigenvalue weighted by atomic mass is 10.0. The second-order valence-corrected chi connectivity index (χ2v) is 7.67. The van der Waals surface area contributed by atoms with Crippen LogP contribution in [0.1, 0.15) is 50.4 Å². The third-order valence-electron chi connectivity index (χ3n) is 2.75. The Morgan fingerprint density at radius 3 is 2.24 bits per heavy atom. The minimum absolute atomic E-state index is 0.0741. The zero-order valence-electron chi connectivity index (χ0n) is 12.2. The molecule has 116 valence electrons. The van der Waals surface area contributed by atoms with Crippen LogP contribution < -0.4 is 4.72 Å². The molecule has 0 aliphatic rings. The van der Waals surface area contributed by atoms with Gasteiger partial charge in [0, 0.05) is 11.4 Å². The standard InChI is InChI=1S/C14H17F3N2OS/c1-9(19-21(20)13(2,3)4)11-5-10(8-18)6-12(7-11)14(15,16)17/h5-7,9,19H,1-4H3/t9-,21?/m1/s1. The summed E-state index contributed by atoms with van der Waals surface area (Å²) in [4.78, 5) is 0. The van der Waals surface area contributed by atoms with Gasteiger partial charge in [-0.2, -0.15) is 18.4 Å². The molecule has 0 spiro atoms. The first-order valence-electron chi connectivity index (χ1n) is 6.25. The van der Waals surface area contributed by atoms with Crippen LogP contribution in [0.2, 0.25) is 0 Å². The molecule has 0 aliphatic heterocycles. The second-order valence-electron chi connectivity index (χ2n) is 5.67. The Morgan fingerprint density at radius 2 is 1.81 bits per heavy atom. The Bertz CT molecular complexity index is 547. The minimum Gasteiger partial charge on any atom is -0.598 e. The first kappa shape index (κ1) is 17.8. The van der Waals surface area contributed by atoms with Crippen molar-refractivity contribution < 1.29 is 17.7 Å². The van der Waals surface area contributed by atoms with Crippen LogP contribution in [-0.2, 0) is 17.5 Å². The van der Waals surface area contributed by atoms with Crippen molar-refractivity contribution in [3.63, 3.8) is 0 Å². The average molecular weight is 318 g/mol. The summed E-state index contributed by atoms with van der Waals surface area (Å²) in [5.41, 5.74) is -0.680. The molecule has 0 fully saturated rings. The van der Waals surface area contributed by atoms with Gasteiger partial charge in [-0.3, -0.25) is 0 Å². The van der Waals surface area contributed by atoms with E-state index in [0.717, 1.165) is 12.1 Å². The maximum Gasteiger partial charge on any atom is 0.416 e. The van der Waals surface area contributed by atoms with Crippen LogP contribution in [0.4, 0.5) is 13.2 Å². The Balaban J connectivity index is 3.10. The molecule has 0 saturated heterocycles. The molecule has 0 bridgehead atoms. The van der Waals surface area contributed by atoms with Gasteiger partial charge in [0.25, 0.3) is 0 Å². The zero-order valence-corrected chi connectivity index (χ0v) is 13.0. The smallest absolute Gasteiger partial charge is 0.416 e. The maximum atomic E-state index is 12.8. The molecule has 1 aromatic rings. The van der Waals surface area contributed by atoms with Crippen molar-refractivity contribution in [2.24, 2.45) is 0 Å². The Kier molecular flexibility index (Phi) is 5.31. The van der Waals surface area contributed by atoms with Crippen molar-refractivity contribution in [2.75, 3.05) is 0 Å². The van der Waals surface area contributed by atoms with Crippen molar-refractivity contribution in [3.8, 4) is 6.07 Å². The van der Waals surface area contributed by atoms with Crippen LogP contribution in [-0.4, -0.2) is 9.30 Å². The van der Waals surface area contributed by atoms with Crippen LogP contribution in [0, 0.1) is 11.3 Å². The second kappa shape index (κ2) is 6.26. The molecule has 0 amide bonds. The third-order valence-corrected chi connectivity index (χ3v) is 4.43. The predicted molar refractivity (Wildman–Crippen MR) is 75.6 cm³/mol. The van der Waals surface area contributed by atoms with Crippen LogP contribution in [0.25, 0.3) is 0 Å². The molecule has 0 aromatic heterocycles. The fourth-order valence-electron chi connectivity index (χ4n) is 1.54. The summed E-state index contributed by atoms with van der Waals surface area (Å²) in [6.07, 6.45) is -4.52. The van der Waals surface area contributed by atoms with Crippen molar-refractivity contribution in [1.29, 1.82) is 5.26 Å². The van der Waals surface area contributed by atoms with Crippen molar-refractivity contribution in [3.05, 3.63) is 34.9 Å². The Morgan fingerprint density at radius 1 is 1.24 bits per heavy atom. The van der Waals surface area contributed by atoms with E-state index in [0.29, 0.717) is 0 Å². The van der Waals surface area contributed by atoms with E-state index >= 15 is 0 Å². The lowest BCUT2D eigenvalue weighted by molar-refractivity contribution is -0.137. The highest BCUT2D eigenvalue weighted by atomic mass is 32.2. The monoisotopic (exact) mass is 318 g/mol. The molecule has 1 aromatic carbocycles. The summed E-state index contributed by atoms with van der Waals surface area (Å²) in [5, 5.41) is 8.85. The highest BCUT2D eigenvalue weighted by molar-refractivity contribution is 7.90. The van der Waals surface area contributed by atoms with Gasteiger partial charge in [-0.25, -0.2) is 0 Å². The molecule has 0 heterocycles. The number of hydrogen-bond acceptors (Lipinski definition) is 3. The number of hydrogen-bond donors (Lipinski definition) is 1. The summed E-state index contributed by atoms with van der Waals surface area (Å²) in [6.45, 7) is 6.89. The molecular formula is C14H17F3N2OS. The lowest BCUT2D eigenvalue weighted by Gasteiger charge is -2.26. The molecule has 0 aliphatic carbocycles. The number of nitrogens with zero attached hydrogens (tertiary/aromatic N) is 1. The van der Waals surface area contributed by atoms with E-state index in [-0.39, 0.29) is 11.1 Å². The van der Waals surface area contributed by atoms with Gasteiger partial charge in [0.1, 0.15) is 4.75 Å². The highest BCUT2D eigenvalue weighted by Gasteiger charge is 2.33. The van der Waals surface area contributed by atoms with Gasteiger partial charge in [-0.05, 0) is 51.5 Å². The molecule has 21 heavy (non-hydrogen) atoms. The lowest BCUT2D eigenvalue weighted by Crippen LogP contribution is -2.40. The van der Waals surface area contributed by atoms with Crippen LogP contribution in [0.5, 0.6) is 0 Å². The van der Waals surface area contributed by atoms with Gasteiger partial charge in [0.15, 0.2) is 0 Å². The first-order valence-corrected chi connectivity index (χ1v) is 7.40. The molecule has 0 saturated carbocycles. The fraction of sp³-hybridized carbons (Fsp3) is 0.500. The third kappa shape index (κ3) is 4.92. The van der Waals surface area contributed by atoms with Gasteiger partial charge in [0.05, 0.1) is 23.2 Å². The zero-order chi connectivity index (χ0) is 16.4. The molecule has 1 N–H and O–H groups in total. The van der Waals surface area contributed by atoms with Crippen molar-refractivity contribution in [2.45, 2.75) is 44.7 Å². The molecule has 3 nitrogen and oxygen atoms in total. The van der Waals surface area contributed by atoms with Crippen LogP contribution >= 0.6 is 0 Å².